The van der Waals surface area contributed by atoms with Crippen LogP contribution in [0.25, 0.3) is 0 Å². The number of hydrogen-bond acceptors (Lipinski definition) is 26. The van der Waals surface area contributed by atoms with E-state index in [1.807, 2.05) is 0 Å². The summed E-state index contributed by atoms with van der Waals surface area (Å²) in [4.78, 5) is 0. The molecule has 0 spiro atoms. The second kappa shape index (κ2) is 19.6. The van der Waals surface area contributed by atoms with Gasteiger partial charge in [0.15, 0.2) is 31.5 Å². The zero-order chi connectivity index (χ0) is 41.3. The lowest BCUT2D eigenvalue weighted by atomic mass is 9.95. The number of rotatable bonds is 13. The van der Waals surface area contributed by atoms with Gasteiger partial charge in [0.1, 0.15) is 122 Å². The van der Waals surface area contributed by atoms with Crippen LogP contribution in [-0.2, 0) is 42.6 Å². The van der Waals surface area contributed by atoms with Crippen LogP contribution in [0.4, 0.5) is 0 Å². The van der Waals surface area contributed by atoms with Crippen LogP contribution in [-0.4, -0.2) is 273 Å². The third-order valence-corrected chi connectivity index (χ3v) is 10.3. The predicted molar refractivity (Wildman–Crippen MR) is 167 cm³/mol. The van der Waals surface area contributed by atoms with E-state index in [9.17, 15) is 86.8 Å². The second-order valence-corrected chi connectivity index (χ2v) is 14.0. The predicted octanol–water partition coefficient (Wildman–Crippen LogP) is -11.9. The molecule has 328 valence electrons. The minimum Gasteiger partial charge on any atom is -0.394 e. The van der Waals surface area contributed by atoms with Gasteiger partial charge in [-0.2, -0.15) is 0 Å². The Morgan fingerprint density at radius 1 is 0.250 bits per heavy atom. The minimum absolute atomic E-state index is 0.809. The van der Waals surface area contributed by atoms with Crippen LogP contribution in [0.15, 0.2) is 0 Å². The quantitative estimate of drug-likeness (QED) is 0.0819. The van der Waals surface area contributed by atoms with Crippen LogP contribution in [0.3, 0.4) is 0 Å². The highest BCUT2D eigenvalue weighted by Gasteiger charge is 2.56. The Labute approximate surface area is 316 Å². The van der Waals surface area contributed by atoms with Crippen LogP contribution >= 0.6 is 0 Å². The summed E-state index contributed by atoms with van der Waals surface area (Å²) >= 11 is 0. The fourth-order valence-corrected chi connectivity index (χ4v) is 6.96. The van der Waals surface area contributed by atoms with Crippen molar-refractivity contribution in [3.63, 3.8) is 0 Å². The molecule has 26 heteroatoms. The molecule has 0 aromatic rings. The van der Waals surface area contributed by atoms with Crippen molar-refractivity contribution in [1.82, 2.24) is 0 Å². The van der Waals surface area contributed by atoms with Crippen molar-refractivity contribution in [2.24, 2.45) is 0 Å². The zero-order valence-electron chi connectivity index (χ0n) is 29.2. The molecule has 0 bridgehead atoms. The van der Waals surface area contributed by atoms with Gasteiger partial charge in [-0.1, -0.05) is 0 Å². The summed E-state index contributed by atoms with van der Waals surface area (Å²) in [5, 5.41) is 175. The molecule has 0 saturated carbocycles. The summed E-state index contributed by atoms with van der Waals surface area (Å²) in [6.07, 6.45) is -45.8. The molecule has 56 heavy (non-hydrogen) atoms. The molecule has 5 fully saturated rings. The first-order valence-corrected chi connectivity index (χ1v) is 17.6. The molecule has 5 rings (SSSR count). The van der Waals surface area contributed by atoms with Crippen molar-refractivity contribution in [2.75, 3.05) is 33.0 Å². The zero-order valence-corrected chi connectivity index (χ0v) is 29.2. The molecule has 5 aliphatic rings. The Balaban J connectivity index is 1.22. The van der Waals surface area contributed by atoms with E-state index in [1.165, 1.54) is 0 Å². The Morgan fingerprint density at radius 3 is 0.714 bits per heavy atom. The lowest BCUT2D eigenvalue weighted by molar-refractivity contribution is -0.399. The fourth-order valence-electron chi connectivity index (χ4n) is 6.96. The molecule has 0 aromatic carbocycles. The highest BCUT2D eigenvalue weighted by molar-refractivity contribution is 4.98. The van der Waals surface area contributed by atoms with Gasteiger partial charge in [-0.05, 0) is 0 Å². The van der Waals surface area contributed by atoms with E-state index in [1.54, 1.807) is 0 Å². The van der Waals surface area contributed by atoms with Crippen LogP contribution < -0.4 is 0 Å². The minimum atomic E-state index is -2.11. The number of aliphatic hydroxyl groups excluding tert-OH is 17. The molecule has 0 aromatic heterocycles. The Hall–Kier alpha value is -1.04. The summed E-state index contributed by atoms with van der Waals surface area (Å²) < 4.78 is 49.1. The molecule has 0 aliphatic carbocycles. The molecule has 5 saturated heterocycles. The van der Waals surface area contributed by atoms with Gasteiger partial charge >= 0.3 is 0 Å². The van der Waals surface area contributed by atoms with Crippen molar-refractivity contribution < 1.29 is 129 Å². The lowest BCUT2D eigenvalue weighted by Gasteiger charge is -2.49. The van der Waals surface area contributed by atoms with Gasteiger partial charge in [-0.3, -0.25) is 0 Å². The molecular weight excluding hydrogens is 776 g/mol. The van der Waals surface area contributed by atoms with Crippen LogP contribution in [0, 0.1) is 0 Å². The van der Waals surface area contributed by atoms with Crippen LogP contribution in [0.1, 0.15) is 0 Å². The normalized spacial score (nSPS) is 53.2. The van der Waals surface area contributed by atoms with Gasteiger partial charge in [0.05, 0.1) is 33.0 Å². The summed E-state index contributed by atoms with van der Waals surface area (Å²) in [5.74, 6) is 0. The van der Waals surface area contributed by atoms with Gasteiger partial charge < -0.3 is 129 Å². The highest BCUT2D eigenvalue weighted by Crippen LogP contribution is 2.35. The first-order chi connectivity index (χ1) is 26.5. The fraction of sp³-hybridized carbons (Fsp3) is 1.00. The first kappa shape index (κ1) is 46.0. The molecule has 0 radical (unpaired) electrons. The van der Waals surface area contributed by atoms with Crippen molar-refractivity contribution >= 4 is 0 Å². The SMILES string of the molecule is OC[C@@H]1O[C@@H](O[C@H]2O[C@H](CO)[C@@H](O[C@@H]3O[C@H](CO)[C@@H](O[C@H]4O[C@H](CO)[C@@H](O[C@H]5O[C@H](CO)[C@@H](O)[C@H](O)[C@H]5O)[C@H](O)[C@H]4O)[C@H](O)[C@H]3O)[C@H](O)[C@H]2O)[C@@H](O)[C@H](O)[C@H]1O. The molecule has 0 amide bonds. The van der Waals surface area contributed by atoms with Crippen molar-refractivity contribution in [3.8, 4) is 0 Å². The first-order valence-electron chi connectivity index (χ1n) is 17.6. The van der Waals surface area contributed by atoms with Crippen molar-refractivity contribution in [3.05, 3.63) is 0 Å². The largest absolute Gasteiger partial charge is 0.394 e. The Kier molecular flexibility index (Phi) is 16.1. The molecule has 5 aliphatic heterocycles. The van der Waals surface area contributed by atoms with E-state index >= 15 is 0 Å². The van der Waals surface area contributed by atoms with Gasteiger partial charge in [0.25, 0.3) is 0 Å². The third-order valence-electron chi connectivity index (χ3n) is 10.3. The van der Waals surface area contributed by atoms with Gasteiger partial charge in [-0.25, -0.2) is 0 Å². The maximum absolute atomic E-state index is 11.1. The number of aliphatic hydroxyl groups is 17. The van der Waals surface area contributed by atoms with Gasteiger partial charge in [-0.15, -0.1) is 0 Å². The molecule has 25 atom stereocenters. The average molecular weight is 829 g/mol. The highest BCUT2D eigenvalue weighted by atomic mass is 16.8. The molecule has 26 nitrogen and oxygen atoms in total. The standard InChI is InChI=1S/C30H52O26/c31-1-6-11(36)13(38)18(43)26(48-6)53-23-8(3-33)50-27(20(45)15(23)40)54-24-9(4-34)51-28(21(46)16(24)41)55-25-10(5-35)52-30(22(47)17(25)42)56-29-19(44)14(39)12(37)7(2-32)49-29/h6-47H,1-5H2/t6-,7+,8-,9-,10-,11-,12+,13+,14-,15-,16-,17-,18-,19+,20-,21-,22-,23-,24-,25-,26-,27-,28+,29+,30-/m1/s1. The monoisotopic (exact) mass is 828 g/mol. The van der Waals surface area contributed by atoms with Crippen LogP contribution in [0.5, 0.6) is 0 Å². The topological polar surface area (TPSA) is 427 Å². The van der Waals surface area contributed by atoms with Gasteiger partial charge in [0, 0.05) is 0 Å². The maximum atomic E-state index is 11.1. The molecular formula is C30H52O26. The van der Waals surface area contributed by atoms with E-state index in [0.29, 0.717) is 0 Å². The van der Waals surface area contributed by atoms with E-state index in [-0.39, 0.29) is 0 Å². The summed E-state index contributed by atoms with van der Waals surface area (Å²) in [5.41, 5.74) is 0. The number of hydrogen-bond donors (Lipinski definition) is 17. The van der Waals surface area contributed by atoms with Crippen molar-refractivity contribution in [1.29, 1.82) is 0 Å². The smallest absolute Gasteiger partial charge is 0.189 e. The van der Waals surface area contributed by atoms with E-state index in [4.69, 9.17) is 42.6 Å². The summed E-state index contributed by atoms with van der Waals surface area (Å²) in [7, 11) is 0. The Bertz CT molecular complexity index is 1200. The van der Waals surface area contributed by atoms with Crippen LogP contribution in [0.2, 0.25) is 0 Å². The molecule has 5 heterocycles. The summed E-state index contributed by atoms with van der Waals surface area (Å²) in [6.45, 7) is -4.48. The second-order valence-electron chi connectivity index (χ2n) is 14.0. The molecule has 0 unspecified atom stereocenters. The lowest BCUT2D eigenvalue weighted by Crippen LogP contribution is -2.68. The van der Waals surface area contributed by atoms with E-state index in [0.717, 1.165) is 0 Å². The average Bonchev–Trinajstić information content (AvgIpc) is 3.19. The third kappa shape index (κ3) is 9.16. The van der Waals surface area contributed by atoms with Gasteiger partial charge in [0.2, 0.25) is 0 Å². The van der Waals surface area contributed by atoms with E-state index in [2.05, 4.69) is 0 Å². The summed E-state index contributed by atoms with van der Waals surface area (Å²) in [6, 6.07) is 0. The molecule has 17 N–H and O–H groups in total. The van der Waals surface area contributed by atoms with E-state index < -0.39 is 187 Å². The Morgan fingerprint density at radius 2 is 0.464 bits per heavy atom. The van der Waals surface area contributed by atoms with Crippen molar-refractivity contribution in [2.45, 2.75) is 154 Å². The number of ether oxygens (including phenoxy) is 9. The maximum Gasteiger partial charge on any atom is 0.189 e.